The fourth-order valence-corrected chi connectivity index (χ4v) is 3.60. The maximum atomic E-state index is 11.7. The largest absolute Gasteiger partial charge is 0.393 e. The topological polar surface area (TPSA) is 43.4 Å². The van der Waals surface area contributed by atoms with Gasteiger partial charge in [-0.1, -0.05) is 90.2 Å². The van der Waals surface area contributed by atoms with Crippen molar-refractivity contribution in [2.45, 2.75) is 104 Å². The molecular formula is C22H38O3. The van der Waals surface area contributed by atoms with Gasteiger partial charge in [0.1, 0.15) is 0 Å². The second-order valence-electron chi connectivity index (χ2n) is 7.46. The van der Waals surface area contributed by atoms with Crippen LogP contribution >= 0.6 is 0 Å². The number of esters is 2. The van der Waals surface area contributed by atoms with Crippen LogP contribution < -0.4 is 0 Å². The third-order valence-corrected chi connectivity index (χ3v) is 5.15. The summed E-state index contributed by atoms with van der Waals surface area (Å²) < 4.78 is 4.70. The molecule has 1 rings (SSSR count). The van der Waals surface area contributed by atoms with Crippen molar-refractivity contribution < 1.29 is 14.3 Å². The zero-order valence-corrected chi connectivity index (χ0v) is 16.4. The summed E-state index contributed by atoms with van der Waals surface area (Å²) in [5.74, 6) is -0.783. The monoisotopic (exact) mass is 350 g/mol. The Morgan fingerprint density at radius 3 is 2.04 bits per heavy atom. The van der Waals surface area contributed by atoms with E-state index in [0.29, 0.717) is 0 Å². The number of hydrogen-bond acceptors (Lipinski definition) is 3. The second-order valence-corrected chi connectivity index (χ2v) is 7.46. The van der Waals surface area contributed by atoms with Crippen LogP contribution in [0.5, 0.6) is 0 Å². The summed E-state index contributed by atoms with van der Waals surface area (Å²) in [6, 6.07) is 0. The first-order valence-electron chi connectivity index (χ1n) is 10.6. The molecule has 144 valence electrons. The molecule has 0 saturated carbocycles. The van der Waals surface area contributed by atoms with Crippen molar-refractivity contribution in [3.63, 3.8) is 0 Å². The van der Waals surface area contributed by atoms with Gasteiger partial charge in [-0.05, 0) is 25.2 Å². The zero-order chi connectivity index (χ0) is 18.3. The minimum absolute atomic E-state index is 0.159. The van der Waals surface area contributed by atoms with E-state index >= 15 is 0 Å². The van der Waals surface area contributed by atoms with Crippen LogP contribution in [0.15, 0.2) is 12.2 Å². The van der Waals surface area contributed by atoms with Crippen molar-refractivity contribution in [2.24, 2.45) is 11.8 Å². The summed E-state index contributed by atoms with van der Waals surface area (Å²) in [6.45, 7) is 4.38. The molecule has 2 unspecified atom stereocenters. The highest BCUT2D eigenvalue weighted by Crippen LogP contribution is 2.29. The van der Waals surface area contributed by atoms with Gasteiger partial charge in [-0.2, -0.15) is 0 Å². The number of allylic oxidation sites excluding steroid dienone is 2. The minimum Gasteiger partial charge on any atom is -0.393 e. The maximum Gasteiger partial charge on any atom is 0.317 e. The molecule has 0 aromatic rings. The van der Waals surface area contributed by atoms with Crippen LogP contribution in [-0.2, 0) is 14.3 Å². The lowest BCUT2D eigenvalue weighted by Crippen LogP contribution is -2.17. The number of cyclic esters (lactones) is 2. The average molecular weight is 351 g/mol. The molecule has 1 heterocycles. The van der Waals surface area contributed by atoms with Gasteiger partial charge in [-0.15, -0.1) is 0 Å². The lowest BCUT2D eigenvalue weighted by Gasteiger charge is -2.15. The molecule has 0 aliphatic carbocycles. The van der Waals surface area contributed by atoms with Crippen molar-refractivity contribution in [1.82, 2.24) is 0 Å². The van der Waals surface area contributed by atoms with Crippen molar-refractivity contribution in [1.29, 1.82) is 0 Å². The fraction of sp³-hybridized carbons (Fsp3) is 0.818. The molecule has 1 saturated heterocycles. The molecule has 1 aliphatic heterocycles. The summed E-state index contributed by atoms with van der Waals surface area (Å²) in [5.41, 5.74) is 0. The van der Waals surface area contributed by atoms with E-state index in [1.54, 1.807) is 0 Å². The molecule has 3 nitrogen and oxygen atoms in total. The summed E-state index contributed by atoms with van der Waals surface area (Å²) >= 11 is 0. The molecule has 0 spiro atoms. The van der Waals surface area contributed by atoms with Crippen LogP contribution in [-0.4, -0.2) is 11.9 Å². The van der Waals surface area contributed by atoms with E-state index in [2.05, 4.69) is 26.0 Å². The van der Waals surface area contributed by atoms with Crippen molar-refractivity contribution in [3.05, 3.63) is 12.2 Å². The molecule has 0 amide bonds. The highest BCUT2D eigenvalue weighted by molar-refractivity contribution is 5.94. The first-order chi connectivity index (χ1) is 12.2. The van der Waals surface area contributed by atoms with Crippen molar-refractivity contribution in [2.75, 3.05) is 0 Å². The fourth-order valence-electron chi connectivity index (χ4n) is 3.60. The normalized spacial score (nSPS) is 18.9. The Bertz CT molecular complexity index is 400. The van der Waals surface area contributed by atoms with Gasteiger partial charge in [0.05, 0.1) is 12.3 Å². The summed E-state index contributed by atoms with van der Waals surface area (Å²) in [5, 5.41) is 0. The van der Waals surface area contributed by atoms with Crippen LogP contribution in [0.2, 0.25) is 0 Å². The molecule has 2 atom stereocenters. The number of unbranched alkanes of at least 4 members (excludes halogenated alkanes) is 10. The lowest BCUT2D eigenvalue weighted by atomic mass is 9.87. The Kier molecular flexibility index (Phi) is 12.4. The Hall–Kier alpha value is -1.12. The lowest BCUT2D eigenvalue weighted by molar-refractivity contribution is -0.153. The summed E-state index contributed by atoms with van der Waals surface area (Å²) in [4.78, 5) is 23.0. The highest BCUT2D eigenvalue weighted by atomic mass is 16.6. The summed E-state index contributed by atoms with van der Waals surface area (Å²) in [7, 11) is 0. The van der Waals surface area contributed by atoms with Crippen LogP contribution in [0, 0.1) is 11.8 Å². The minimum atomic E-state index is -0.362. The number of hydrogen-bond donors (Lipinski definition) is 0. The molecule has 0 radical (unpaired) electrons. The number of ether oxygens (including phenoxy) is 1. The van der Waals surface area contributed by atoms with Gasteiger partial charge in [0.25, 0.3) is 0 Å². The first-order valence-corrected chi connectivity index (χ1v) is 10.6. The smallest absolute Gasteiger partial charge is 0.317 e. The predicted octanol–water partition coefficient (Wildman–Crippen LogP) is 6.36. The Morgan fingerprint density at radius 1 is 0.920 bits per heavy atom. The third kappa shape index (κ3) is 9.81. The zero-order valence-electron chi connectivity index (χ0n) is 16.4. The van der Waals surface area contributed by atoms with Crippen molar-refractivity contribution >= 4 is 11.9 Å². The van der Waals surface area contributed by atoms with Gasteiger partial charge in [-0.3, -0.25) is 9.59 Å². The Balaban J connectivity index is 2.08. The van der Waals surface area contributed by atoms with Crippen LogP contribution in [0.25, 0.3) is 0 Å². The van der Waals surface area contributed by atoms with E-state index in [1.165, 1.54) is 64.2 Å². The summed E-state index contributed by atoms with van der Waals surface area (Å²) in [6.07, 6.45) is 21.2. The molecule has 0 aromatic heterocycles. The number of rotatable bonds is 15. The third-order valence-electron chi connectivity index (χ3n) is 5.15. The molecule has 3 heteroatoms. The van der Waals surface area contributed by atoms with E-state index < -0.39 is 0 Å². The van der Waals surface area contributed by atoms with E-state index in [1.807, 2.05) is 0 Å². The van der Waals surface area contributed by atoms with Crippen LogP contribution in [0.4, 0.5) is 0 Å². The SMILES string of the molecule is CCCCCCCCCCCCC=CC(CCC)C1CC(=O)OC1=O. The molecule has 1 aliphatic rings. The van der Waals surface area contributed by atoms with Crippen LogP contribution in [0.3, 0.4) is 0 Å². The second kappa shape index (κ2) is 14.1. The molecule has 1 fully saturated rings. The van der Waals surface area contributed by atoms with Crippen molar-refractivity contribution in [3.8, 4) is 0 Å². The number of carbonyl (C=O) groups excluding carboxylic acids is 2. The quantitative estimate of drug-likeness (QED) is 0.149. The Labute approximate surface area is 154 Å². The molecule has 0 N–H and O–H groups in total. The van der Waals surface area contributed by atoms with Gasteiger partial charge < -0.3 is 4.74 Å². The molecular weight excluding hydrogens is 312 g/mol. The van der Waals surface area contributed by atoms with E-state index in [9.17, 15) is 9.59 Å². The highest BCUT2D eigenvalue weighted by Gasteiger charge is 2.37. The molecule has 0 aromatic carbocycles. The predicted molar refractivity (Wildman–Crippen MR) is 103 cm³/mol. The molecule has 0 bridgehead atoms. The van der Waals surface area contributed by atoms with Gasteiger partial charge in [0.15, 0.2) is 0 Å². The van der Waals surface area contributed by atoms with Crippen LogP contribution in [0.1, 0.15) is 104 Å². The standard InChI is InChI=1S/C22H38O3/c1-3-5-6-7-8-9-10-11-12-13-14-15-17-19(16-4-2)20-18-21(23)25-22(20)24/h15,17,19-20H,3-14,16,18H2,1-2H3. The van der Waals surface area contributed by atoms with E-state index in [-0.39, 0.29) is 30.2 Å². The van der Waals surface area contributed by atoms with E-state index in [0.717, 1.165) is 19.3 Å². The average Bonchev–Trinajstić information content (AvgIpc) is 2.93. The van der Waals surface area contributed by atoms with Gasteiger partial charge in [-0.25, -0.2) is 0 Å². The Morgan fingerprint density at radius 2 is 1.52 bits per heavy atom. The van der Waals surface area contributed by atoms with Gasteiger partial charge >= 0.3 is 11.9 Å². The van der Waals surface area contributed by atoms with Gasteiger partial charge in [0.2, 0.25) is 0 Å². The number of carbonyl (C=O) groups is 2. The van der Waals surface area contributed by atoms with Gasteiger partial charge in [0, 0.05) is 0 Å². The maximum absolute atomic E-state index is 11.7. The first kappa shape index (κ1) is 21.9. The van der Waals surface area contributed by atoms with E-state index in [4.69, 9.17) is 4.74 Å². The molecule has 25 heavy (non-hydrogen) atoms.